The molecule has 0 unspecified atom stereocenters. The number of rotatable bonds is 1. The van der Waals surface area contributed by atoms with Crippen LogP contribution in [-0.4, -0.2) is 11.9 Å². The Morgan fingerprint density at radius 2 is 1.04 bits per heavy atom. The molecule has 1 spiro atoms. The van der Waals surface area contributed by atoms with Crippen LogP contribution < -0.4 is 5.46 Å². The molecule has 1 N–H and O–H groups in total. The van der Waals surface area contributed by atoms with Crippen molar-refractivity contribution in [1.29, 1.82) is 0 Å². The fourth-order valence-corrected chi connectivity index (χ4v) is 5.52. The molecule has 6 rings (SSSR count). The van der Waals surface area contributed by atoms with E-state index in [9.17, 15) is 5.02 Å². The maximum atomic E-state index is 10.5. The Morgan fingerprint density at radius 1 is 0.571 bits per heavy atom. The lowest BCUT2D eigenvalue weighted by Crippen LogP contribution is -2.30. The average molecular weight is 358 g/mol. The first-order chi connectivity index (χ1) is 13.7. The van der Waals surface area contributed by atoms with Crippen molar-refractivity contribution in [3.8, 4) is 22.3 Å². The molecule has 0 bridgehead atoms. The predicted molar refractivity (Wildman–Crippen MR) is 116 cm³/mol. The van der Waals surface area contributed by atoms with E-state index in [1.807, 2.05) is 6.82 Å². The Morgan fingerprint density at radius 3 is 1.61 bits per heavy atom. The van der Waals surface area contributed by atoms with Gasteiger partial charge < -0.3 is 5.02 Å². The monoisotopic (exact) mass is 358 g/mol. The molecule has 4 aromatic rings. The van der Waals surface area contributed by atoms with Crippen LogP contribution >= 0.6 is 0 Å². The van der Waals surface area contributed by atoms with Crippen molar-refractivity contribution >= 4 is 12.4 Å². The Kier molecular flexibility index (Phi) is 3.11. The van der Waals surface area contributed by atoms with Gasteiger partial charge in [-0.1, -0.05) is 97.8 Å². The Bertz CT molecular complexity index is 1210. The molecule has 1 nitrogen and oxygen atoms in total. The van der Waals surface area contributed by atoms with Crippen LogP contribution in [0.2, 0.25) is 6.82 Å². The Balaban J connectivity index is 1.86. The van der Waals surface area contributed by atoms with E-state index in [1.54, 1.807) is 0 Å². The highest BCUT2D eigenvalue weighted by atomic mass is 16.2. The second-order valence-electron chi connectivity index (χ2n) is 7.83. The van der Waals surface area contributed by atoms with Gasteiger partial charge in [0.05, 0.1) is 5.41 Å². The van der Waals surface area contributed by atoms with Gasteiger partial charge >= 0.3 is 6.92 Å². The van der Waals surface area contributed by atoms with E-state index >= 15 is 0 Å². The van der Waals surface area contributed by atoms with Crippen LogP contribution in [0.15, 0.2) is 91.0 Å². The highest BCUT2D eigenvalue weighted by Crippen LogP contribution is 2.62. The zero-order valence-corrected chi connectivity index (χ0v) is 15.7. The lowest BCUT2D eigenvalue weighted by atomic mass is 9.61. The van der Waals surface area contributed by atoms with Crippen LogP contribution in [0.4, 0.5) is 0 Å². The summed E-state index contributed by atoms with van der Waals surface area (Å²) in [6.07, 6.45) is 0. The molecular formula is C26H19BO. The molecule has 2 aliphatic carbocycles. The summed E-state index contributed by atoms with van der Waals surface area (Å²) in [5.41, 5.74) is 11.0. The van der Waals surface area contributed by atoms with Crippen LogP contribution in [0.3, 0.4) is 0 Å². The molecule has 0 saturated carbocycles. The number of hydrogen-bond donors (Lipinski definition) is 1. The summed E-state index contributed by atoms with van der Waals surface area (Å²) in [5.74, 6) is 0. The molecule has 0 heterocycles. The van der Waals surface area contributed by atoms with Gasteiger partial charge in [-0.25, -0.2) is 0 Å². The molecular weight excluding hydrogens is 339 g/mol. The minimum atomic E-state index is -0.509. The van der Waals surface area contributed by atoms with Crippen LogP contribution in [0.25, 0.3) is 22.3 Å². The molecule has 28 heavy (non-hydrogen) atoms. The fraction of sp³-hybridized carbons (Fsp3) is 0.0769. The summed E-state index contributed by atoms with van der Waals surface area (Å²) >= 11 is 0. The SMILES string of the molecule is CB(O)c1cccc2c1-c1ccccc1C21c2ccccc2-c2ccccc21. The summed E-state index contributed by atoms with van der Waals surface area (Å²) < 4.78 is 0. The number of fused-ring (bicyclic) bond motifs is 10. The zero-order valence-electron chi connectivity index (χ0n) is 15.7. The van der Waals surface area contributed by atoms with E-state index in [0.717, 1.165) is 5.46 Å². The van der Waals surface area contributed by atoms with Crippen molar-refractivity contribution in [2.75, 3.05) is 0 Å². The molecule has 2 heteroatoms. The first-order valence-corrected chi connectivity index (χ1v) is 9.85. The molecule has 4 aromatic carbocycles. The van der Waals surface area contributed by atoms with Crippen molar-refractivity contribution in [1.82, 2.24) is 0 Å². The molecule has 0 atom stereocenters. The average Bonchev–Trinajstić information content (AvgIpc) is 3.21. The highest BCUT2D eigenvalue weighted by Gasteiger charge is 2.51. The third kappa shape index (κ3) is 1.72. The van der Waals surface area contributed by atoms with E-state index in [1.165, 1.54) is 44.5 Å². The van der Waals surface area contributed by atoms with Crippen molar-refractivity contribution < 1.29 is 5.02 Å². The van der Waals surface area contributed by atoms with E-state index in [4.69, 9.17) is 0 Å². The van der Waals surface area contributed by atoms with Gasteiger partial charge in [0.15, 0.2) is 0 Å². The van der Waals surface area contributed by atoms with Gasteiger partial charge in [0.25, 0.3) is 0 Å². The van der Waals surface area contributed by atoms with Crippen molar-refractivity contribution in [2.45, 2.75) is 12.2 Å². The maximum absolute atomic E-state index is 10.5. The Labute approximate surface area is 165 Å². The predicted octanol–water partition coefficient (Wildman–Crippen LogP) is 4.85. The van der Waals surface area contributed by atoms with Crippen LogP contribution in [-0.2, 0) is 5.41 Å². The second kappa shape index (κ2) is 5.46. The summed E-state index contributed by atoms with van der Waals surface area (Å²) in [5, 5.41) is 10.5. The molecule has 0 fully saturated rings. The van der Waals surface area contributed by atoms with E-state index in [2.05, 4.69) is 91.0 Å². The largest absolute Gasteiger partial charge is 0.446 e. The van der Waals surface area contributed by atoms with E-state index < -0.39 is 6.92 Å². The first-order valence-electron chi connectivity index (χ1n) is 9.85. The molecule has 2 aliphatic rings. The zero-order chi connectivity index (χ0) is 18.9. The molecule has 0 radical (unpaired) electrons. The topological polar surface area (TPSA) is 20.2 Å². The summed E-state index contributed by atoms with van der Waals surface area (Å²) in [7, 11) is 0. The lowest BCUT2D eigenvalue weighted by molar-refractivity contribution is 0.594. The van der Waals surface area contributed by atoms with Gasteiger partial charge in [0.2, 0.25) is 0 Å². The summed E-state index contributed by atoms with van der Waals surface area (Å²) in [4.78, 5) is 0. The molecule has 0 aliphatic heterocycles. The van der Waals surface area contributed by atoms with Crippen molar-refractivity contribution in [3.63, 3.8) is 0 Å². The van der Waals surface area contributed by atoms with Crippen LogP contribution in [0.1, 0.15) is 22.3 Å². The van der Waals surface area contributed by atoms with Gasteiger partial charge in [-0.15, -0.1) is 0 Å². The normalized spacial score (nSPS) is 14.4. The number of hydrogen-bond acceptors (Lipinski definition) is 1. The van der Waals surface area contributed by atoms with Gasteiger partial charge in [0.1, 0.15) is 0 Å². The van der Waals surface area contributed by atoms with E-state index in [0.29, 0.717) is 0 Å². The molecule has 132 valence electrons. The summed E-state index contributed by atoms with van der Waals surface area (Å²) in [6, 6.07) is 32.7. The number of benzene rings is 4. The van der Waals surface area contributed by atoms with Crippen molar-refractivity contribution in [2.24, 2.45) is 0 Å². The highest BCUT2D eigenvalue weighted by molar-refractivity contribution is 6.66. The maximum Gasteiger partial charge on any atom is 0.321 e. The lowest BCUT2D eigenvalue weighted by Gasteiger charge is -2.30. The minimum Gasteiger partial charge on any atom is -0.446 e. The smallest absolute Gasteiger partial charge is 0.321 e. The molecule has 0 saturated heterocycles. The third-order valence-electron chi connectivity index (χ3n) is 6.50. The minimum absolute atomic E-state index is 0.315. The van der Waals surface area contributed by atoms with Crippen molar-refractivity contribution in [3.05, 3.63) is 113 Å². The first kappa shape index (κ1) is 15.9. The van der Waals surface area contributed by atoms with Gasteiger partial charge in [-0.05, 0) is 50.0 Å². The van der Waals surface area contributed by atoms with Gasteiger partial charge in [0, 0.05) is 0 Å². The molecule has 0 aromatic heterocycles. The standard InChI is InChI=1S/C26H19BO/c1-27(28)24-16-8-15-23-25(24)19-11-4-7-14-22(19)26(23)20-12-5-2-9-17(20)18-10-3-6-13-21(18)26/h2-16,28H,1H3. The summed E-state index contributed by atoms with van der Waals surface area (Å²) in [6.45, 7) is 1.35. The quantitative estimate of drug-likeness (QED) is 0.417. The third-order valence-corrected chi connectivity index (χ3v) is 6.50. The van der Waals surface area contributed by atoms with E-state index in [-0.39, 0.29) is 5.41 Å². The van der Waals surface area contributed by atoms with Crippen LogP contribution in [0.5, 0.6) is 0 Å². The molecule has 0 amide bonds. The van der Waals surface area contributed by atoms with Crippen LogP contribution in [0, 0.1) is 0 Å². The van der Waals surface area contributed by atoms with Gasteiger partial charge in [-0.3, -0.25) is 0 Å². The fourth-order valence-electron chi connectivity index (χ4n) is 5.52. The van der Waals surface area contributed by atoms with Gasteiger partial charge in [-0.2, -0.15) is 0 Å². The Hall–Kier alpha value is -3.10. The second-order valence-corrected chi connectivity index (χ2v) is 7.83.